The molecule has 1 rings (SSSR count). The number of benzene rings is 1. The van der Waals surface area contributed by atoms with E-state index in [2.05, 4.69) is 5.32 Å². The summed E-state index contributed by atoms with van der Waals surface area (Å²) in [5.41, 5.74) is 11.6. The summed E-state index contributed by atoms with van der Waals surface area (Å²) >= 11 is 0. The van der Waals surface area contributed by atoms with Crippen LogP contribution in [0.4, 0.5) is 5.69 Å². The van der Waals surface area contributed by atoms with Gasteiger partial charge in [0.05, 0.1) is 6.54 Å². The molecule has 0 radical (unpaired) electrons. The maximum atomic E-state index is 10.6. The maximum absolute atomic E-state index is 10.6. The van der Waals surface area contributed by atoms with E-state index in [1.165, 1.54) is 0 Å². The lowest BCUT2D eigenvalue weighted by Gasteiger charge is -2.08. The largest absolute Gasteiger partial charge is 0.480 e. The van der Waals surface area contributed by atoms with Gasteiger partial charge >= 0.3 is 5.97 Å². The summed E-state index contributed by atoms with van der Waals surface area (Å²) in [6.07, 6.45) is 0. The zero-order valence-corrected chi connectivity index (χ0v) is 8.51. The van der Waals surface area contributed by atoms with E-state index in [1.54, 1.807) is 24.3 Å². The molecule has 0 aliphatic heterocycles. The molecule has 0 saturated carbocycles. The van der Waals surface area contributed by atoms with E-state index >= 15 is 0 Å². The monoisotopic (exact) mass is 223 g/mol. The molecule has 1 aromatic carbocycles. The van der Waals surface area contributed by atoms with Crippen LogP contribution in [0.3, 0.4) is 0 Å². The number of aliphatic carboxylic acids is 1. The third kappa shape index (κ3) is 3.25. The van der Waals surface area contributed by atoms with E-state index in [0.29, 0.717) is 11.3 Å². The molecule has 0 fully saturated rings. The number of carboxylic acids is 1. The van der Waals surface area contributed by atoms with Crippen molar-refractivity contribution in [2.75, 3.05) is 11.9 Å². The Morgan fingerprint density at radius 1 is 1.31 bits per heavy atom. The molecule has 1 amide bonds. The van der Waals surface area contributed by atoms with Crippen molar-refractivity contribution >= 4 is 17.6 Å². The molecule has 0 aliphatic carbocycles. The van der Waals surface area contributed by atoms with Crippen LogP contribution in [0.25, 0.3) is 0 Å². The molecule has 0 aromatic heterocycles. The Balaban J connectivity index is 2.67. The Bertz CT molecular complexity index is 389. The second-order valence-electron chi connectivity index (χ2n) is 3.26. The van der Waals surface area contributed by atoms with Gasteiger partial charge in [-0.1, -0.05) is 12.1 Å². The van der Waals surface area contributed by atoms with Crippen LogP contribution in [0.15, 0.2) is 24.3 Å². The molecule has 0 saturated heterocycles. The summed E-state index contributed by atoms with van der Waals surface area (Å²) in [6, 6.07) is 5.41. The highest BCUT2D eigenvalue weighted by atomic mass is 16.4. The molecular formula is C10H13N3O3. The van der Waals surface area contributed by atoms with E-state index in [-0.39, 0.29) is 6.54 Å². The fourth-order valence-corrected chi connectivity index (χ4v) is 1.14. The van der Waals surface area contributed by atoms with Gasteiger partial charge in [-0.15, -0.1) is 0 Å². The van der Waals surface area contributed by atoms with Gasteiger partial charge in [-0.2, -0.15) is 0 Å². The lowest BCUT2D eigenvalue weighted by Crippen LogP contribution is -2.22. The van der Waals surface area contributed by atoms with Gasteiger partial charge in [0.2, 0.25) is 5.91 Å². The summed E-state index contributed by atoms with van der Waals surface area (Å²) in [7, 11) is 0. The van der Waals surface area contributed by atoms with Crippen molar-refractivity contribution in [3.05, 3.63) is 29.8 Å². The number of carboxylic acid groups (broad SMARTS) is 1. The van der Waals surface area contributed by atoms with Gasteiger partial charge in [0.15, 0.2) is 0 Å². The number of hydrogen-bond acceptors (Lipinski definition) is 4. The number of carbonyl (C=O) groups is 2. The van der Waals surface area contributed by atoms with E-state index < -0.39 is 17.9 Å². The molecule has 6 N–H and O–H groups in total. The fourth-order valence-electron chi connectivity index (χ4n) is 1.14. The van der Waals surface area contributed by atoms with Gasteiger partial charge in [-0.05, 0) is 17.7 Å². The van der Waals surface area contributed by atoms with Gasteiger partial charge in [0, 0.05) is 5.69 Å². The molecule has 1 atom stereocenters. The SMILES string of the molecule is NC(=O)CNc1ccc(C(N)C(=O)O)cc1. The van der Waals surface area contributed by atoms with Crippen LogP contribution in [0, 0.1) is 0 Å². The highest BCUT2D eigenvalue weighted by molar-refractivity contribution is 5.79. The molecule has 0 bridgehead atoms. The van der Waals surface area contributed by atoms with Crippen molar-refractivity contribution in [3.63, 3.8) is 0 Å². The van der Waals surface area contributed by atoms with Crippen LogP contribution in [0.2, 0.25) is 0 Å². The summed E-state index contributed by atoms with van der Waals surface area (Å²) in [5, 5.41) is 11.5. The van der Waals surface area contributed by atoms with E-state index in [0.717, 1.165) is 0 Å². The third-order valence-corrected chi connectivity index (χ3v) is 2.00. The van der Waals surface area contributed by atoms with E-state index in [4.69, 9.17) is 16.6 Å². The molecule has 6 heteroatoms. The number of hydrogen-bond donors (Lipinski definition) is 4. The number of carbonyl (C=O) groups excluding carboxylic acids is 1. The Morgan fingerprint density at radius 2 is 1.88 bits per heavy atom. The fraction of sp³-hybridized carbons (Fsp3) is 0.200. The Kier molecular flexibility index (Phi) is 3.84. The van der Waals surface area contributed by atoms with Gasteiger partial charge in [0.1, 0.15) is 6.04 Å². The van der Waals surface area contributed by atoms with Crippen LogP contribution >= 0.6 is 0 Å². The number of rotatable bonds is 5. The second kappa shape index (κ2) is 5.13. The van der Waals surface area contributed by atoms with Crippen molar-refractivity contribution < 1.29 is 14.7 Å². The molecule has 1 aromatic rings. The first-order valence-electron chi connectivity index (χ1n) is 4.61. The molecule has 1 unspecified atom stereocenters. The normalized spacial score (nSPS) is 11.8. The summed E-state index contributed by atoms with van der Waals surface area (Å²) in [4.78, 5) is 21.1. The molecule has 0 spiro atoms. The number of amides is 1. The van der Waals surface area contributed by atoms with Crippen LogP contribution in [-0.4, -0.2) is 23.5 Å². The maximum Gasteiger partial charge on any atom is 0.325 e. The van der Waals surface area contributed by atoms with Crippen molar-refractivity contribution in [2.45, 2.75) is 6.04 Å². The zero-order valence-electron chi connectivity index (χ0n) is 8.51. The highest BCUT2D eigenvalue weighted by Gasteiger charge is 2.13. The summed E-state index contributed by atoms with van der Waals surface area (Å²) in [6.45, 7) is 0.0321. The summed E-state index contributed by atoms with van der Waals surface area (Å²) in [5.74, 6) is -1.55. The first kappa shape index (κ1) is 12.0. The number of nitrogens with two attached hydrogens (primary N) is 2. The van der Waals surface area contributed by atoms with Gasteiger partial charge in [-0.3, -0.25) is 9.59 Å². The molecule has 86 valence electrons. The first-order chi connectivity index (χ1) is 7.50. The second-order valence-corrected chi connectivity index (χ2v) is 3.26. The van der Waals surface area contributed by atoms with Crippen LogP contribution in [0.1, 0.15) is 11.6 Å². The van der Waals surface area contributed by atoms with E-state index in [1.807, 2.05) is 0 Å². The van der Waals surface area contributed by atoms with Crippen LogP contribution in [0.5, 0.6) is 0 Å². The predicted octanol–water partition coefficient (Wildman–Crippen LogP) is -0.332. The molecule has 6 nitrogen and oxygen atoms in total. The van der Waals surface area contributed by atoms with Gasteiger partial charge < -0.3 is 21.9 Å². The van der Waals surface area contributed by atoms with E-state index in [9.17, 15) is 9.59 Å². The lowest BCUT2D eigenvalue weighted by atomic mass is 10.1. The van der Waals surface area contributed by atoms with Crippen molar-refractivity contribution in [2.24, 2.45) is 11.5 Å². The Hall–Kier alpha value is -2.08. The van der Waals surface area contributed by atoms with Crippen molar-refractivity contribution in [1.29, 1.82) is 0 Å². The lowest BCUT2D eigenvalue weighted by molar-refractivity contribution is -0.138. The minimum Gasteiger partial charge on any atom is -0.480 e. The number of anilines is 1. The van der Waals surface area contributed by atoms with Crippen molar-refractivity contribution in [1.82, 2.24) is 0 Å². The van der Waals surface area contributed by atoms with Crippen LogP contribution < -0.4 is 16.8 Å². The molecule has 16 heavy (non-hydrogen) atoms. The quantitative estimate of drug-likeness (QED) is 0.545. The minimum atomic E-state index is -1.09. The zero-order chi connectivity index (χ0) is 12.1. The third-order valence-electron chi connectivity index (χ3n) is 2.00. The first-order valence-corrected chi connectivity index (χ1v) is 4.61. The molecule has 0 heterocycles. The topological polar surface area (TPSA) is 118 Å². The standard InChI is InChI=1S/C10H13N3O3/c11-8(14)5-13-7-3-1-6(2-4-7)9(12)10(15)16/h1-4,9,13H,5,12H2,(H2,11,14)(H,15,16). The Labute approximate surface area is 92.2 Å². The summed E-state index contributed by atoms with van der Waals surface area (Å²) < 4.78 is 0. The molecule has 0 aliphatic rings. The average molecular weight is 223 g/mol. The van der Waals surface area contributed by atoms with Crippen LogP contribution in [-0.2, 0) is 9.59 Å². The molecular weight excluding hydrogens is 210 g/mol. The highest BCUT2D eigenvalue weighted by Crippen LogP contribution is 2.14. The Morgan fingerprint density at radius 3 is 2.31 bits per heavy atom. The van der Waals surface area contributed by atoms with Gasteiger partial charge in [0.25, 0.3) is 0 Å². The minimum absolute atomic E-state index is 0.0321. The smallest absolute Gasteiger partial charge is 0.325 e. The van der Waals surface area contributed by atoms with Gasteiger partial charge in [-0.25, -0.2) is 0 Å². The number of nitrogens with one attached hydrogen (secondary N) is 1. The number of primary amides is 1. The van der Waals surface area contributed by atoms with Crippen molar-refractivity contribution in [3.8, 4) is 0 Å². The predicted molar refractivity (Wildman–Crippen MR) is 58.7 cm³/mol. The average Bonchev–Trinajstić information content (AvgIpc) is 2.26.